The summed E-state index contributed by atoms with van der Waals surface area (Å²) in [5, 5.41) is 8.74. The van der Waals surface area contributed by atoms with E-state index in [1.165, 1.54) is 0 Å². The molecule has 0 bridgehead atoms. The highest BCUT2D eigenvalue weighted by atomic mass is 16.4. The molecule has 76 valence electrons. The first kappa shape index (κ1) is 9.45. The lowest BCUT2D eigenvalue weighted by Gasteiger charge is -2.04. The predicted octanol–water partition coefficient (Wildman–Crippen LogP) is 1.88. The first-order valence-electron chi connectivity index (χ1n) is 4.51. The van der Waals surface area contributed by atoms with Crippen molar-refractivity contribution in [2.45, 2.75) is 6.92 Å². The van der Waals surface area contributed by atoms with E-state index in [9.17, 15) is 4.79 Å². The van der Waals surface area contributed by atoms with Crippen molar-refractivity contribution in [1.29, 1.82) is 0 Å². The third kappa shape index (κ3) is 1.74. The van der Waals surface area contributed by atoms with Crippen LogP contribution in [0.1, 0.15) is 16.1 Å². The van der Waals surface area contributed by atoms with E-state index in [0.29, 0.717) is 0 Å². The Bertz CT molecular complexity index is 486. The van der Waals surface area contributed by atoms with E-state index in [1.807, 2.05) is 11.5 Å². The number of hydrogen-bond donors (Lipinski definition) is 1. The van der Waals surface area contributed by atoms with E-state index in [1.54, 1.807) is 36.8 Å². The molecule has 4 nitrogen and oxygen atoms in total. The maximum atomic E-state index is 10.6. The third-order valence-corrected chi connectivity index (χ3v) is 2.22. The molecule has 1 N–H and O–H groups in total. The number of benzene rings is 1. The molecule has 0 atom stereocenters. The molecule has 0 aliphatic heterocycles. The standard InChI is InChI=1S/C11H10N2O2/c1-8-6-12-7-13(8)10-4-2-9(3-5-10)11(14)15/h2-7H,1H3,(H,14,15). The lowest BCUT2D eigenvalue weighted by molar-refractivity contribution is 0.0697. The molecule has 0 fully saturated rings. The van der Waals surface area contributed by atoms with Gasteiger partial charge in [0.05, 0.1) is 11.9 Å². The summed E-state index contributed by atoms with van der Waals surface area (Å²) in [6.45, 7) is 1.94. The Kier molecular flexibility index (Phi) is 2.25. The highest BCUT2D eigenvalue weighted by Crippen LogP contribution is 2.11. The van der Waals surface area contributed by atoms with Gasteiger partial charge in [-0.15, -0.1) is 0 Å². The fourth-order valence-corrected chi connectivity index (χ4v) is 1.40. The molecule has 0 radical (unpaired) electrons. The number of carbonyl (C=O) groups is 1. The molecule has 0 aliphatic carbocycles. The molecule has 0 saturated carbocycles. The van der Waals surface area contributed by atoms with Crippen molar-refractivity contribution in [1.82, 2.24) is 9.55 Å². The molecule has 1 aromatic heterocycles. The molecular formula is C11H10N2O2. The molecule has 2 aromatic rings. The molecule has 2 rings (SSSR count). The molecular weight excluding hydrogens is 192 g/mol. The largest absolute Gasteiger partial charge is 0.478 e. The second-order valence-electron chi connectivity index (χ2n) is 3.26. The molecule has 0 saturated heterocycles. The van der Waals surface area contributed by atoms with E-state index in [-0.39, 0.29) is 5.56 Å². The van der Waals surface area contributed by atoms with Gasteiger partial charge in [-0.2, -0.15) is 0 Å². The minimum Gasteiger partial charge on any atom is -0.478 e. The van der Waals surface area contributed by atoms with Crippen LogP contribution in [0.25, 0.3) is 5.69 Å². The van der Waals surface area contributed by atoms with Gasteiger partial charge in [-0.25, -0.2) is 9.78 Å². The van der Waals surface area contributed by atoms with Gasteiger partial charge in [-0.05, 0) is 31.2 Å². The summed E-state index contributed by atoms with van der Waals surface area (Å²) in [6, 6.07) is 6.68. The highest BCUT2D eigenvalue weighted by molar-refractivity contribution is 5.87. The Labute approximate surface area is 86.8 Å². The maximum absolute atomic E-state index is 10.6. The second kappa shape index (κ2) is 3.57. The van der Waals surface area contributed by atoms with E-state index >= 15 is 0 Å². The Hall–Kier alpha value is -2.10. The summed E-state index contributed by atoms with van der Waals surface area (Å²) >= 11 is 0. The van der Waals surface area contributed by atoms with Gasteiger partial charge in [0.15, 0.2) is 0 Å². The normalized spacial score (nSPS) is 10.2. The molecule has 0 unspecified atom stereocenters. The average molecular weight is 202 g/mol. The summed E-state index contributed by atoms with van der Waals surface area (Å²) in [7, 11) is 0. The number of nitrogens with zero attached hydrogens (tertiary/aromatic N) is 2. The van der Waals surface area contributed by atoms with E-state index in [0.717, 1.165) is 11.4 Å². The lowest BCUT2D eigenvalue weighted by Crippen LogP contribution is -1.98. The molecule has 0 spiro atoms. The molecule has 1 heterocycles. The topological polar surface area (TPSA) is 55.1 Å². The Morgan fingerprint density at radius 2 is 2.00 bits per heavy atom. The molecule has 15 heavy (non-hydrogen) atoms. The number of aryl methyl sites for hydroxylation is 1. The van der Waals surface area contributed by atoms with Gasteiger partial charge in [0, 0.05) is 17.6 Å². The van der Waals surface area contributed by atoms with Crippen molar-refractivity contribution in [3.63, 3.8) is 0 Å². The number of imidazole rings is 1. The SMILES string of the molecule is Cc1cncn1-c1ccc(C(=O)O)cc1. The van der Waals surface area contributed by atoms with Crippen LogP contribution in [0.4, 0.5) is 0 Å². The quantitative estimate of drug-likeness (QED) is 0.808. The minimum atomic E-state index is -0.913. The zero-order valence-electron chi connectivity index (χ0n) is 8.21. The van der Waals surface area contributed by atoms with E-state index in [4.69, 9.17) is 5.11 Å². The summed E-state index contributed by atoms with van der Waals surface area (Å²) in [5.41, 5.74) is 2.21. The van der Waals surface area contributed by atoms with Crippen molar-refractivity contribution in [2.75, 3.05) is 0 Å². The van der Waals surface area contributed by atoms with Crippen LogP contribution in [0, 0.1) is 6.92 Å². The molecule has 0 aliphatic rings. The smallest absolute Gasteiger partial charge is 0.335 e. The van der Waals surface area contributed by atoms with Gasteiger partial charge in [-0.3, -0.25) is 0 Å². The number of aromatic nitrogens is 2. The van der Waals surface area contributed by atoms with Crippen LogP contribution in [0.5, 0.6) is 0 Å². The number of aromatic carboxylic acids is 1. The second-order valence-corrected chi connectivity index (χ2v) is 3.26. The first-order valence-corrected chi connectivity index (χ1v) is 4.51. The van der Waals surface area contributed by atoms with Crippen LogP contribution in [-0.2, 0) is 0 Å². The van der Waals surface area contributed by atoms with Gasteiger partial charge in [0.25, 0.3) is 0 Å². The van der Waals surface area contributed by atoms with Crippen molar-refractivity contribution in [2.24, 2.45) is 0 Å². The van der Waals surface area contributed by atoms with Crippen LogP contribution in [0.3, 0.4) is 0 Å². The van der Waals surface area contributed by atoms with Crippen LogP contribution in [0.15, 0.2) is 36.8 Å². The van der Waals surface area contributed by atoms with Crippen molar-refractivity contribution >= 4 is 5.97 Å². The molecule has 0 amide bonds. The zero-order chi connectivity index (χ0) is 10.8. The van der Waals surface area contributed by atoms with Crippen molar-refractivity contribution in [3.05, 3.63) is 48.0 Å². The lowest BCUT2D eigenvalue weighted by atomic mass is 10.2. The number of carboxylic acid groups (broad SMARTS) is 1. The van der Waals surface area contributed by atoms with Crippen LogP contribution in [0.2, 0.25) is 0 Å². The van der Waals surface area contributed by atoms with Crippen LogP contribution < -0.4 is 0 Å². The molecule has 1 aromatic carbocycles. The summed E-state index contributed by atoms with van der Waals surface area (Å²) in [5.74, 6) is -0.913. The fraction of sp³-hybridized carbons (Fsp3) is 0.0909. The first-order chi connectivity index (χ1) is 7.18. The van der Waals surface area contributed by atoms with Crippen LogP contribution in [-0.4, -0.2) is 20.6 Å². The maximum Gasteiger partial charge on any atom is 0.335 e. The summed E-state index contributed by atoms with van der Waals surface area (Å²) in [4.78, 5) is 14.6. The van der Waals surface area contributed by atoms with Gasteiger partial charge in [0.1, 0.15) is 0 Å². The highest BCUT2D eigenvalue weighted by Gasteiger charge is 2.03. The van der Waals surface area contributed by atoms with Crippen LogP contribution >= 0.6 is 0 Å². The van der Waals surface area contributed by atoms with Gasteiger partial charge in [-0.1, -0.05) is 0 Å². The number of rotatable bonds is 2. The Morgan fingerprint density at radius 1 is 1.33 bits per heavy atom. The average Bonchev–Trinajstić information content (AvgIpc) is 2.65. The fourth-order valence-electron chi connectivity index (χ4n) is 1.40. The Balaban J connectivity index is 2.40. The summed E-state index contributed by atoms with van der Waals surface area (Å²) < 4.78 is 1.89. The molecule has 4 heteroatoms. The van der Waals surface area contributed by atoms with Gasteiger partial charge < -0.3 is 9.67 Å². The van der Waals surface area contributed by atoms with E-state index in [2.05, 4.69) is 4.98 Å². The van der Waals surface area contributed by atoms with Gasteiger partial charge in [0.2, 0.25) is 0 Å². The van der Waals surface area contributed by atoms with Gasteiger partial charge >= 0.3 is 5.97 Å². The third-order valence-electron chi connectivity index (χ3n) is 2.22. The zero-order valence-corrected chi connectivity index (χ0v) is 8.21. The number of hydrogen-bond acceptors (Lipinski definition) is 2. The number of carboxylic acids is 1. The summed E-state index contributed by atoms with van der Waals surface area (Å²) in [6.07, 6.45) is 3.45. The minimum absolute atomic E-state index is 0.288. The van der Waals surface area contributed by atoms with E-state index < -0.39 is 5.97 Å². The Morgan fingerprint density at radius 3 is 2.47 bits per heavy atom. The predicted molar refractivity (Wildman–Crippen MR) is 55.3 cm³/mol. The van der Waals surface area contributed by atoms with Crippen molar-refractivity contribution in [3.8, 4) is 5.69 Å². The van der Waals surface area contributed by atoms with Crippen molar-refractivity contribution < 1.29 is 9.90 Å². The monoisotopic (exact) mass is 202 g/mol.